The lowest BCUT2D eigenvalue weighted by Crippen LogP contribution is -2.60. The van der Waals surface area contributed by atoms with Crippen molar-refractivity contribution >= 4 is 5.78 Å². The van der Waals surface area contributed by atoms with Crippen LogP contribution in [0.5, 0.6) is 0 Å². The maximum atomic E-state index is 11.4. The average Bonchev–Trinajstić information content (AvgIpc) is 2.57. The lowest BCUT2D eigenvalue weighted by Gasteiger charge is -2.45. The normalized spacial score (nSPS) is 39.5. The number of hydrogen-bond donors (Lipinski definition) is 5. The van der Waals surface area contributed by atoms with Crippen LogP contribution >= 0.6 is 0 Å². The largest absolute Gasteiger partial charge is 0.394 e. The molecular formula is C19H32O8. The monoisotopic (exact) mass is 388 g/mol. The molecule has 0 bridgehead atoms. The van der Waals surface area contributed by atoms with Gasteiger partial charge in [0.05, 0.1) is 12.7 Å². The van der Waals surface area contributed by atoms with Gasteiger partial charge in [0.25, 0.3) is 0 Å². The number of carbonyl (C=O) groups excluding carboxylic acids is 1. The van der Waals surface area contributed by atoms with E-state index in [2.05, 4.69) is 0 Å². The number of rotatable bonds is 6. The first-order valence-corrected chi connectivity index (χ1v) is 9.33. The molecule has 0 spiro atoms. The Hall–Kier alpha value is -0.870. The van der Waals surface area contributed by atoms with Gasteiger partial charge < -0.3 is 39.8 Å². The Balaban J connectivity index is 2.25. The van der Waals surface area contributed by atoms with Gasteiger partial charge in [-0.25, -0.2) is 0 Å². The summed E-state index contributed by atoms with van der Waals surface area (Å²) < 4.78 is 11.2. The summed E-state index contributed by atoms with van der Waals surface area (Å²) in [4.78, 5) is 11.4. The fraction of sp³-hybridized carbons (Fsp3) is 0.842. The highest BCUT2D eigenvalue weighted by molar-refractivity contribution is 5.75. The van der Waals surface area contributed by atoms with Gasteiger partial charge in [0.2, 0.25) is 0 Å². The summed E-state index contributed by atoms with van der Waals surface area (Å²) in [6.45, 7) is 6.79. The fourth-order valence-corrected chi connectivity index (χ4v) is 4.10. The molecule has 27 heavy (non-hydrogen) atoms. The van der Waals surface area contributed by atoms with Gasteiger partial charge in [-0.15, -0.1) is 0 Å². The van der Waals surface area contributed by atoms with Crippen molar-refractivity contribution < 1.29 is 39.8 Å². The third kappa shape index (κ3) is 4.76. The van der Waals surface area contributed by atoms with Crippen LogP contribution < -0.4 is 0 Å². The van der Waals surface area contributed by atoms with E-state index in [0.29, 0.717) is 19.3 Å². The van der Waals surface area contributed by atoms with Gasteiger partial charge in [-0.3, -0.25) is 0 Å². The lowest BCUT2D eigenvalue weighted by molar-refractivity contribution is -0.314. The molecule has 8 heteroatoms. The number of ether oxygens (including phenoxy) is 2. The summed E-state index contributed by atoms with van der Waals surface area (Å²) in [5, 5.41) is 49.9. The number of hydrogen-bond acceptors (Lipinski definition) is 8. The van der Waals surface area contributed by atoms with E-state index in [-0.39, 0.29) is 11.2 Å². The smallest absolute Gasteiger partial charge is 0.187 e. The molecule has 7 atom stereocenters. The molecule has 156 valence electrons. The van der Waals surface area contributed by atoms with Crippen LogP contribution in [0.4, 0.5) is 0 Å². The van der Waals surface area contributed by atoms with Crippen molar-refractivity contribution in [2.45, 2.75) is 89.9 Å². The van der Waals surface area contributed by atoms with Crippen molar-refractivity contribution in [3.63, 3.8) is 0 Å². The molecule has 7 unspecified atom stereocenters. The van der Waals surface area contributed by atoms with Crippen LogP contribution in [-0.2, 0) is 14.3 Å². The van der Waals surface area contributed by atoms with E-state index in [1.165, 1.54) is 6.92 Å². The fourth-order valence-electron chi connectivity index (χ4n) is 4.10. The van der Waals surface area contributed by atoms with E-state index in [1.54, 1.807) is 0 Å². The van der Waals surface area contributed by atoms with Crippen LogP contribution in [0.15, 0.2) is 11.1 Å². The zero-order valence-electron chi connectivity index (χ0n) is 16.3. The molecule has 1 aliphatic carbocycles. The molecule has 5 N–H and O–H groups in total. The van der Waals surface area contributed by atoms with Gasteiger partial charge in [0.1, 0.15) is 36.3 Å². The summed E-state index contributed by atoms with van der Waals surface area (Å²) >= 11 is 0. The Bertz CT molecular complexity index is 570. The van der Waals surface area contributed by atoms with Gasteiger partial charge in [-0.2, -0.15) is 0 Å². The second-order valence-corrected chi connectivity index (χ2v) is 8.27. The van der Waals surface area contributed by atoms with Crippen molar-refractivity contribution in [3.8, 4) is 0 Å². The van der Waals surface area contributed by atoms with E-state index in [0.717, 1.165) is 11.1 Å². The number of ketones is 1. The standard InChI is InChI=1S/C19H32O8/c1-9(21)5-6-11-10(2)17(12(22)7-19(11,3)4)27-18-16(25)15(24)14(23)13(8-20)26-18/h12-18,20,22-25H,5-8H2,1-4H3. The van der Waals surface area contributed by atoms with Crippen LogP contribution in [0.3, 0.4) is 0 Å². The van der Waals surface area contributed by atoms with E-state index in [1.807, 2.05) is 20.8 Å². The lowest BCUT2D eigenvalue weighted by atomic mass is 9.69. The van der Waals surface area contributed by atoms with Gasteiger partial charge in [0, 0.05) is 6.42 Å². The molecule has 0 amide bonds. The highest BCUT2D eigenvalue weighted by atomic mass is 16.7. The van der Waals surface area contributed by atoms with Gasteiger partial charge in [-0.05, 0) is 37.7 Å². The summed E-state index contributed by atoms with van der Waals surface area (Å²) in [5.74, 6) is 0.0728. The minimum atomic E-state index is -1.54. The third-order valence-electron chi connectivity index (χ3n) is 5.64. The molecule has 0 aromatic rings. The van der Waals surface area contributed by atoms with Gasteiger partial charge >= 0.3 is 0 Å². The molecule has 1 aliphatic heterocycles. The van der Waals surface area contributed by atoms with Crippen LogP contribution in [0, 0.1) is 5.41 Å². The summed E-state index contributed by atoms with van der Waals surface area (Å²) in [5.41, 5.74) is 1.46. The highest BCUT2D eigenvalue weighted by Gasteiger charge is 2.47. The Labute approximate surface area is 159 Å². The van der Waals surface area contributed by atoms with Crippen molar-refractivity contribution in [1.82, 2.24) is 0 Å². The molecule has 1 fully saturated rings. The van der Waals surface area contributed by atoms with Gasteiger partial charge in [0.15, 0.2) is 6.29 Å². The molecule has 8 nitrogen and oxygen atoms in total. The third-order valence-corrected chi connectivity index (χ3v) is 5.64. The number of aliphatic hydroxyl groups is 5. The maximum absolute atomic E-state index is 11.4. The Morgan fingerprint density at radius 3 is 2.37 bits per heavy atom. The first-order chi connectivity index (χ1) is 12.5. The molecular weight excluding hydrogens is 356 g/mol. The zero-order chi connectivity index (χ0) is 20.5. The SMILES string of the molecule is CC(=O)CCC1=C(C)C(OC2OC(CO)C(O)C(O)C2O)C(O)CC1(C)C. The summed E-state index contributed by atoms with van der Waals surface area (Å²) in [7, 11) is 0. The van der Waals surface area contributed by atoms with Crippen LogP contribution in [-0.4, -0.2) is 80.8 Å². The molecule has 1 saturated heterocycles. The maximum Gasteiger partial charge on any atom is 0.187 e. The van der Waals surface area contributed by atoms with Crippen LogP contribution in [0.1, 0.15) is 47.0 Å². The van der Waals surface area contributed by atoms with E-state index in [9.17, 15) is 30.3 Å². The number of aliphatic hydroxyl groups excluding tert-OH is 5. The van der Waals surface area contributed by atoms with Crippen molar-refractivity contribution in [1.29, 1.82) is 0 Å². The van der Waals surface area contributed by atoms with E-state index in [4.69, 9.17) is 9.47 Å². The van der Waals surface area contributed by atoms with E-state index < -0.39 is 49.5 Å². The zero-order valence-corrected chi connectivity index (χ0v) is 16.3. The molecule has 1 heterocycles. The molecule has 0 saturated carbocycles. The Kier molecular flexibility index (Phi) is 7.18. The van der Waals surface area contributed by atoms with Crippen LogP contribution in [0.2, 0.25) is 0 Å². The Morgan fingerprint density at radius 1 is 1.19 bits per heavy atom. The highest BCUT2D eigenvalue weighted by Crippen LogP contribution is 2.44. The first-order valence-electron chi connectivity index (χ1n) is 9.33. The first kappa shape index (κ1) is 22.4. The number of allylic oxidation sites excluding steroid dienone is 1. The van der Waals surface area contributed by atoms with E-state index >= 15 is 0 Å². The minimum absolute atomic E-state index is 0.0728. The number of carbonyl (C=O) groups is 1. The minimum Gasteiger partial charge on any atom is -0.394 e. The molecule has 0 aromatic carbocycles. The second-order valence-electron chi connectivity index (χ2n) is 8.27. The quantitative estimate of drug-likeness (QED) is 0.390. The molecule has 0 radical (unpaired) electrons. The second kappa shape index (κ2) is 8.65. The summed E-state index contributed by atoms with van der Waals surface area (Å²) in [6, 6.07) is 0. The summed E-state index contributed by atoms with van der Waals surface area (Å²) in [6.07, 6.45) is -7.25. The van der Waals surface area contributed by atoms with Crippen molar-refractivity contribution in [3.05, 3.63) is 11.1 Å². The molecule has 0 aromatic heterocycles. The molecule has 2 rings (SSSR count). The van der Waals surface area contributed by atoms with Gasteiger partial charge in [-0.1, -0.05) is 19.4 Å². The molecule has 2 aliphatic rings. The topological polar surface area (TPSA) is 137 Å². The number of Topliss-reactive ketones (excluding diaryl/α,β-unsaturated/α-hetero) is 1. The average molecular weight is 388 g/mol. The predicted molar refractivity (Wildman–Crippen MR) is 95.7 cm³/mol. The Morgan fingerprint density at radius 2 is 1.81 bits per heavy atom. The predicted octanol–water partition coefficient (Wildman–Crippen LogP) is -0.352. The van der Waals surface area contributed by atoms with Crippen molar-refractivity contribution in [2.75, 3.05) is 6.61 Å². The van der Waals surface area contributed by atoms with Crippen LogP contribution in [0.25, 0.3) is 0 Å². The van der Waals surface area contributed by atoms with Crippen molar-refractivity contribution in [2.24, 2.45) is 5.41 Å².